The molecule has 4 nitrogen and oxygen atoms in total. The van der Waals surface area contributed by atoms with Gasteiger partial charge >= 0.3 is 0 Å². The number of ether oxygens (including phenoxy) is 1. The van der Waals surface area contributed by atoms with Gasteiger partial charge in [-0.25, -0.2) is 17.8 Å². The van der Waals surface area contributed by atoms with Crippen molar-refractivity contribution in [1.29, 1.82) is 4.78 Å². The Kier molecular flexibility index (Phi) is 3.68. The van der Waals surface area contributed by atoms with Gasteiger partial charge in [-0.1, -0.05) is 0 Å². The summed E-state index contributed by atoms with van der Waals surface area (Å²) in [5.41, 5.74) is 0.765. The molecule has 7 heteroatoms. The van der Waals surface area contributed by atoms with Crippen LogP contribution in [0.3, 0.4) is 0 Å². The third-order valence-corrected chi connectivity index (χ3v) is 4.78. The number of carbonyl (C=O) groups is 1. The number of hydrogen-bond acceptors (Lipinski definition) is 4. The predicted molar refractivity (Wildman–Crippen MR) is 80.6 cm³/mol. The highest BCUT2D eigenvalue weighted by atomic mass is 32.2. The summed E-state index contributed by atoms with van der Waals surface area (Å²) in [6.07, 6.45) is 1.86. The van der Waals surface area contributed by atoms with E-state index in [0.717, 1.165) is 18.2 Å². The molecule has 0 radical (unpaired) electrons. The second-order valence-electron chi connectivity index (χ2n) is 5.39. The van der Waals surface area contributed by atoms with Crippen LogP contribution in [0.5, 0.6) is 11.5 Å². The van der Waals surface area contributed by atoms with E-state index in [4.69, 9.17) is 9.52 Å². The summed E-state index contributed by atoms with van der Waals surface area (Å²) in [7, 11) is -3.06. The minimum atomic E-state index is -3.06. The van der Waals surface area contributed by atoms with Gasteiger partial charge < -0.3 is 4.74 Å². The predicted octanol–water partition coefficient (Wildman–Crippen LogP) is 3.92. The molecule has 2 aromatic carbocycles. The fourth-order valence-electron chi connectivity index (χ4n) is 2.66. The van der Waals surface area contributed by atoms with Crippen LogP contribution in [0.4, 0.5) is 8.78 Å². The van der Waals surface area contributed by atoms with E-state index in [9.17, 15) is 17.8 Å². The molecule has 1 atom stereocenters. The van der Waals surface area contributed by atoms with E-state index >= 15 is 0 Å². The summed E-state index contributed by atoms with van der Waals surface area (Å²) in [6, 6.07) is 5.69. The lowest BCUT2D eigenvalue weighted by molar-refractivity contribution is 0.0992. The first-order chi connectivity index (χ1) is 10.8. The van der Waals surface area contributed by atoms with Gasteiger partial charge in [0, 0.05) is 42.0 Å². The van der Waals surface area contributed by atoms with Crippen LogP contribution in [0.25, 0.3) is 0 Å². The second kappa shape index (κ2) is 5.42. The Morgan fingerprint density at radius 2 is 1.78 bits per heavy atom. The molecular formula is C16H13F2NO3S. The Balaban J connectivity index is 2.10. The second-order valence-corrected chi connectivity index (χ2v) is 7.52. The molecule has 1 N–H and O–H groups in total. The van der Waals surface area contributed by atoms with E-state index in [1.807, 2.05) is 0 Å². The van der Waals surface area contributed by atoms with E-state index in [1.54, 1.807) is 0 Å². The van der Waals surface area contributed by atoms with Crippen LogP contribution in [0.1, 0.15) is 22.3 Å². The van der Waals surface area contributed by atoms with Gasteiger partial charge in [0.1, 0.15) is 23.1 Å². The molecule has 0 heterocycles. The molecule has 0 spiro atoms. The fourth-order valence-corrected chi connectivity index (χ4v) is 3.61. The van der Waals surface area contributed by atoms with Crippen molar-refractivity contribution in [2.75, 3.05) is 6.26 Å². The maximum Gasteiger partial charge on any atom is 0.164 e. The van der Waals surface area contributed by atoms with Gasteiger partial charge in [-0.2, -0.15) is 0 Å². The van der Waals surface area contributed by atoms with Crippen molar-refractivity contribution in [3.05, 3.63) is 53.1 Å². The van der Waals surface area contributed by atoms with Crippen molar-refractivity contribution in [2.45, 2.75) is 17.7 Å². The highest BCUT2D eigenvalue weighted by Gasteiger charge is 2.29. The largest absolute Gasteiger partial charge is 0.457 e. The molecule has 0 aromatic heterocycles. The monoisotopic (exact) mass is 337 g/mol. The van der Waals surface area contributed by atoms with E-state index < -0.39 is 21.4 Å². The van der Waals surface area contributed by atoms with Crippen molar-refractivity contribution >= 4 is 15.5 Å². The topological polar surface area (TPSA) is 67.2 Å². The molecule has 1 unspecified atom stereocenters. The van der Waals surface area contributed by atoms with Crippen molar-refractivity contribution < 1.29 is 22.5 Å². The van der Waals surface area contributed by atoms with Crippen molar-refractivity contribution in [1.82, 2.24) is 0 Å². The van der Waals surface area contributed by atoms with Gasteiger partial charge in [-0.15, -0.1) is 0 Å². The average molecular weight is 337 g/mol. The molecule has 1 aliphatic carbocycles. The number of halogens is 2. The summed E-state index contributed by atoms with van der Waals surface area (Å²) in [5.74, 6) is -1.49. The number of ketones is 1. The summed E-state index contributed by atoms with van der Waals surface area (Å²) in [4.78, 5) is 12.2. The SMILES string of the molecule is CS(=N)(=O)c1ccc(Oc2cc(F)cc(F)c2)c2c1C(=O)CC2. The number of fused-ring (bicyclic) bond motifs is 1. The Bertz CT molecular complexity index is 903. The van der Waals surface area contributed by atoms with Crippen LogP contribution >= 0.6 is 0 Å². The molecule has 1 aliphatic rings. The van der Waals surface area contributed by atoms with Gasteiger partial charge in [0.15, 0.2) is 5.78 Å². The Morgan fingerprint density at radius 1 is 1.13 bits per heavy atom. The summed E-state index contributed by atoms with van der Waals surface area (Å²) in [6.45, 7) is 0. The lowest BCUT2D eigenvalue weighted by Crippen LogP contribution is -2.05. The molecule has 0 amide bonds. The first-order valence-corrected chi connectivity index (χ1v) is 8.79. The minimum absolute atomic E-state index is 0.0279. The number of benzene rings is 2. The van der Waals surface area contributed by atoms with E-state index in [2.05, 4.69) is 0 Å². The number of nitrogens with one attached hydrogen (secondary N) is 1. The summed E-state index contributed by atoms with van der Waals surface area (Å²) < 4.78 is 51.8. The number of carbonyl (C=O) groups excluding carboxylic acids is 1. The van der Waals surface area contributed by atoms with E-state index in [-0.39, 0.29) is 34.2 Å². The van der Waals surface area contributed by atoms with Gasteiger partial charge in [-0.3, -0.25) is 4.79 Å². The quantitative estimate of drug-likeness (QED) is 0.923. The molecule has 3 rings (SSSR count). The molecule has 0 saturated heterocycles. The number of hydrogen-bond donors (Lipinski definition) is 1. The molecule has 0 aliphatic heterocycles. The Hall–Kier alpha value is -2.28. The lowest BCUT2D eigenvalue weighted by Gasteiger charge is -2.13. The number of rotatable bonds is 3. The summed E-state index contributed by atoms with van der Waals surface area (Å²) in [5, 5.41) is 0. The van der Waals surface area contributed by atoms with Crippen LogP contribution in [-0.4, -0.2) is 16.2 Å². The van der Waals surface area contributed by atoms with E-state index in [0.29, 0.717) is 12.0 Å². The van der Waals surface area contributed by atoms with Crippen molar-refractivity contribution in [2.24, 2.45) is 0 Å². The molecule has 0 saturated carbocycles. The zero-order valence-electron chi connectivity index (χ0n) is 12.2. The maximum absolute atomic E-state index is 13.3. The van der Waals surface area contributed by atoms with Gasteiger partial charge in [-0.05, 0) is 18.6 Å². The normalized spacial score (nSPS) is 16.0. The minimum Gasteiger partial charge on any atom is -0.457 e. The average Bonchev–Trinajstić information content (AvgIpc) is 2.79. The highest BCUT2D eigenvalue weighted by Crippen LogP contribution is 2.37. The van der Waals surface area contributed by atoms with Gasteiger partial charge in [0.2, 0.25) is 0 Å². The smallest absolute Gasteiger partial charge is 0.164 e. The third kappa shape index (κ3) is 2.96. The standard InChI is InChI=1S/C16H13F2NO3S/c1-23(19,21)15-5-4-14(12-2-3-13(20)16(12)15)22-11-7-9(17)6-10(18)8-11/h4-8,19H,2-3H2,1H3. The summed E-state index contributed by atoms with van der Waals surface area (Å²) >= 11 is 0. The number of Topliss-reactive ketones (excluding diaryl/α,β-unsaturated/α-hetero) is 1. The van der Waals surface area contributed by atoms with E-state index in [1.165, 1.54) is 18.4 Å². The lowest BCUT2D eigenvalue weighted by atomic mass is 10.1. The highest BCUT2D eigenvalue weighted by molar-refractivity contribution is 7.91. The molecular weight excluding hydrogens is 324 g/mol. The molecule has 0 fully saturated rings. The first-order valence-electron chi connectivity index (χ1n) is 6.82. The third-order valence-electron chi connectivity index (χ3n) is 3.60. The fraction of sp³-hybridized carbons (Fsp3) is 0.188. The van der Waals surface area contributed by atoms with Crippen LogP contribution in [0.15, 0.2) is 35.2 Å². The van der Waals surface area contributed by atoms with Crippen LogP contribution in [-0.2, 0) is 16.1 Å². The van der Waals surface area contributed by atoms with Gasteiger partial charge in [0.25, 0.3) is 0 Å². The molecule has 0 bridgehead atoms. The molecule has 120 valence electrons. The maximum atomic E-state index is 13.3. The first kappa shape index (κ1) is 15.6. The zero-order chi connectivity index (χ0) is 16.8. The van der Waals surface area contributed by atoms with Crippen LogP contribution in [0, 0.1) is 16.4 Å². The molecule has 2 aromatic rings. The molecule has 23 heavy (non-hydrogen) atoms. The van der Waals surface area contributed by atoms with Crippen LogP contribution in [0.2, 0.25) is 0 Å². The Labute approximate surface area is 132 Å². The van der Waals surface area contributed by atoms with Gasteiger partial charge in [0.05, 0.1) is 14.6 Å². The Morgan fingerprint density at radius 3 is 2.39 bits per heavy atom. The van der Waals surface area contributed by atoms with Crippen molar-refractivity contribution in [3.8, 4) is 11.5 Å². The van der Waals surface area contributed by atoms with Crippen molar-refractivity contribution in [3.63, 3.8) is 0 Å². The van der Waals surface area contributed by atoms with Crippen LogP contribution < -0.4 is 4.74 Å². The zero-order valence-corrected chi connectivity index (χ0v) is 13.0.